The zero-order chi connectivity index (χ0) is 22.5. The molecule has 0 bridgehead atoms. The number of benzene rings is 2. The molecule has 0 fully saturated rings. The van der Waals surface area contributed by atoms with Crippen LogP contribution < -0.4 is 10.8 Å². The number of anilines is 1. The highest BCUT2D eigenvalue weighted by atomic mass is 32.2. The van der Waals surface area contributed by atoms with Crippen molar-refractivity contribution in [2.24, 2.45) is 0 Å². The van der Waals surface area contributed by atoms with Crippen LogP contribution in [0.4, 0.5) is 11.4 Å². The van der Waals surface area contributed by atoms with Gasteiger partial charge in [0.1, 0.15) is 6.04 Å². The van der Waals surface area contributed by atoms with E-state index in [0.717, 1.165) is 4.31 Å². The second kappa shape index (κ2) is 9.43. The van der Waals surface area contributed by atoms with Gasteiger partial charge in [0.25, 0.3) is 11.6 Å². The fourth-order valence-electron chi connectivity index (χ4n) is 2.61. The first kappa shape index (κ1) is 22.9. The molecule has 160 valence electrons. The number of sulfonamides is 1. The number of nitro benzene ring substituents is 1. The van der Waals surface area contributed by atoms with Crippen molar-refractivity contribution in [3.8, 4) is 0 Å². The monoisotopic (exact) mass is 436 g/mol. The van der Waals surface area contributed by atoms with Crippen LogP contribution in [0.5, 0.6) is 0 Å². The van der Waals surface area contributed by atoms with Crippen molar-refractivity contribution in [2.45, 2.75) is 31.3 Å². The second-order valence-electron chi connectivity index (χ2n) is 6.33. The predicted octanol–water partition coefficient (Wildman–Crippen LogP) is 1.64. The number of rotatable bonds is 8. The van der Waals surface area contributed by atoms with E-state index >= 15 is 0 Å². The molecule has 0 aromatic heterocycles. The molecule has 0 spiro atoms. The lowest BCUT2D eigenvalue weighted by Gasteiger charge is -2.27. The van der Waals surface area contributed by atoms with E-state index in [1.165, 1.54) is 67.9 Å². The highest BCUT2D eigenvalue weighted by Crippen LogP contribution is 2.24. The molecule has 0 aliphatic rings. The van der Waals surface area contributed by atoms with E-state index in [1.54, 1.807) is 0 Å². The number of nitrogens with one attached hydrogen (secondary N) is 2. The summed E-state index contributed by atoms with van der Waals surface area (Å²) in [6.07, 6.45) is 0. The van der Waals surface area contributed by atoms with Crippen LogP contribution >= 0.6 is 0 Å². The van der Waals surface area contributed by atoms with E-state index in [-0.39, 0.29) is 23.0 Å². The Labute approximate surface area is 172 Å². The minimum absolute atomic E-state index is 0.142. The number of hydrogen-bond donors (Lipinski definition) is 3. The number of hydroxylamine groups is 1. The molecule has 2 aromatic carbocycles. The lowest BCUT2D eigenvalue weighted by Crippen LogP contribution is -2.46. The average molecular weight is 436 g/mol. The van der Waals surface area contributed by atoms with Gasteiger partial charge in [-0.05, 0) is 36.8 Å². The molecule has 30 heavy (non-hydrogen) atoms. The van der Waals surface area contributed by atoms with Gasteiger partial charge in [0, 0.05) is 31.3 Å². The topological polar surface area (TPSA) is 159 Å². The van der Waals surface area contributed by atoms with Crippen LogP contribution in [-0.2, 0) is 26.2 Å². The maximum Gasteiger partial charge on any atom is 0.269 e. The molecule has 2 aromatic rings. The van der Waals surface area contributed by atoms with Crippen LogP contribution in [-0.4, -0.2) is 40.7 Å². The molecule has 0 saturated carbocycles. The van der Waals surface area contributed by atoms with Crippen molar-refractivity contribution in [3.63, 3.8) is 0 Å². The van der Waals surface area contributed by atoms with Gasteiger partial charge in [-0.15, -0.1) is 0 Å². The van der Waals surface area contributed by atoms with E-state index in [2.05, 4.69) is 5.32 Å². The zero-order valence-corrected chi connectivity index (χ0v) is 16.9. The molecular weight excluding hydrogens is 416 g/mol. The first-order chi connectivity index (χ1) is 14.1. The van der Waals surface area contributed by atoms with Crippen LogP contribution in [0, 0.1) is 10.1 Å². The molecule has 0 heterocycles. The Balaban J connectivity index is 2.40. The lowest BCUT2D eigenvalue weighted by atomic mass is 10.2. The van der Waals surface area contributed by atoms with Crippen molar-refractivity contribution in [1.82, 2.24) is 9.79 Å². The summed E-state index contributed by atoms with van der Waals surface area (Å²) in [7, 11) is -4.21. The average Bonchev–Trinajstić information content (AvgIpc) is 2.71. The SMILES string of the molecule is CC(=O)Nc1ccc(S(=O)(=O)N(Cc2ccc([N+](=O)[O-])cc2)[C@@H](C)C(=O)NO)cc1. The molecule has 0 radical (unpaired) electrons. The van der Waals surface area contributed by atoms with Crippen molar-refractivity contribution in [1.29, 1.82) is 0 Å². The maximum atomic E-state index is 13.2. The third kappa shape index (κ3) is 5.37. The van der Waals surface area contributed by atoms with Gasteiger partial charge in [-0.3, -0.25) is 24.9 Å². The molecule has 1 atom stereocenters. The molecule has 12 heteroatoms. The van der Waals surface area contributed by atoms with Gasteiger partial charge in [0.2, 0.25) is 15.9 Å². The summed E-state index contributed by atoms with van der Waals surface area (Å²) in [6, 6.07) is 9.25. The van der Waals surface area contributed by atoms with Gasteiger partial charge < -0.3 is 5.32 Å². The number of non-ortho nitro benzene ring substituents is 1. The summed E-state index contributed by atoms with van der Waals surface area (Å²) in [4.78, 5) is 33.1. The van der Waals surface area contributed by atoms with Gasteiger partial charge in [0.15, 0.2) is 0 Å². The molecule has 3 N–H and O–H groups in total. The predicted molar refractivity (Wildman–Crippen MR) is 106 cm³/mol. The van der Waals surface area contributed by atoms with E-state index in [1.807, 2.05) is 0 Å². The summed E-state index contributed by atoms with van der Waals surface area (Å²) in [5, 5.41) is 22.3. The van der Waals surface area contributed by atoms with Gasteiger partial charge in [0.05, 0.1) is 9.82 Å². The summed E-state index contributed by atoms with van der Waals surface area (Å²) >= 11 is 0. The van der Waals surface area contributed by atoms with E-state index in [0.29, 0.717) is 11.3 Å². The number of nitro groups is 1. The minimum atomic E-state index is -4.21. The molecule has 0 saturated heterocycles. The molecular formula is C18H20N4O7S. The Morgan fingerprint density at radius 1 is 1.13 bits per heavy atom. The van der Waals surface area contributed by atoms with Gasteiger partial charge in [-0.25, -0.2) is 13.9 Å². The van der Waals surface area contributed by atoms with E-state index < -0.39 is 26.9 Å². The fraction of sp³-hybridized carbons (Fsp3) is 0.222. The second-order valence-corrected chi connectivity index (χ2v) is 8.22. The molecule has 0 unspecified atom stereocenters. The van der Waals surface area contributed by atoms with Gasteiger partial charge in [-0.2, -0.15) is 4.31 Å². The molecule has 2 rings (SSSR count). The lowest BCUT2D eigenvalue weighted by molar-refractivity contribution is -0.384. The molecule has 2 amide bonds. The van der Waals surface area contributed by atoms with Crippen LogP contribution in [0.15, 0.2) is 53.4 Å². The third-order valence-electron chi connectivity index (χ3n) is 4.19. The molecule has 0 aliphatic heterocycles. The van der Waals surface area contributed by atoms with Crippen molar-refractivity contribution in [3.05, 3.63) is 64.2 Å². The van der Waals surface area contributed by atoms with E-state index in [4.69, 9.17) is 5.21 Å². The van der Waals surface area contributed by atoms with Crippen molar-refractivity contribution >= 4 is 33.2 Å². The third-order valence-corrected chi connectivity index (χ3v) is 6.12. The summed E-state index contributed by atoms with van der Waals surface area (Å²) in [6.45, 7) is 2.33. The normalized spacial score (nSPS) is 12.3. The molecule has 0 aliphatic carbocycles. The highest BCUT2D eigenvalue weighted by molar-refractivity contribution is 7.89. The number of amides is 2. The van der Waals surface area contributed by atoms with Gasteiger partial charge in [-0.1, -0.05) is 12.1 Å². The zero-order valence-electron chi connectivity index (χ0n) is 16.1. The van der Waals surface area contributed by atoms with Crippen LogP contribution in [0.3, 0.4) is 0 Å². The standard InChI is InChI=1S/C18H20N4O7S/c1-12(18(24)20-25)21(11-14-3-7-16(8-4-14)22(26)27)30(28,29)17-9-5-15(6-10-17)19-13(2)23/h3-10,12,25H,11H2,1-2H3,(H,19,23)(H,20,24)/t12-/m0/s1. The summed E-state index contributed by atoms with van der Waals surface area (Å²) in [5.74, 6) is -1.27. The number of nitrogens with zero attached hydrogens (tertiary/aromatic N) is 2. The summed E-state index contributed by atoms with van der Waals surface area (Å²) < 4.78 is 27.2. The Bertz CT molecular complexity index is 1040. The van der Waals surface area contributed by atoms with Gasteiger partial charge >= 0.3 is 0 Å². The Hall–Kier alpha value is -3.35. The van der Waals surface area contributed by atoms with Crippen LogP contribution in [0.2, 0.25) is 0 Å². The largest absolute Gasteiger partial charge is 0.326 e. The number of carbonyl (C=O) groups is 2. The quantitative estimate of drug-likeness (QED) is 0.322. The Morgan fingerprint density at radius 3 is 2.17 bits per heavy atom. The summed E-state index contributed by atoms with van der Waals surface area (Å²) in [5.41, 5.74) is 2.06. The van der Waals surface area contributed by atoms with E-state index in [9.17, 15) is 28.1 Å². The molecule has 11 nitrogen and oxygen atoms in total. The number of carbonyl (C=O) groups excluding carboxylic acids is 2. The maximum absolute atomic E-state index is 13.2. The van der Waals surface area contributed by atoms with Crippen molar-refractivity contribution in [2.75, 3.05) is 5.32 Å². The van der Waals surface area contributed by atoms with Crippen molar-refractivity contribution < 1.29 is 28.1 Å². The first-order valence-electron chi connectivity index (χ1n) is 8.63. The Kier molecular flexibility index (Phi) is 7.21. The fourth-order valence-corrected chi connectivity index (χ4v) is 4.19. The first-order valence-corrected chi connectivity index (χ1v) is 10.1. The van der Waals surface area contributed by atoms with Crippen LogP contribution in [0.1, 0.15) is 19.4 Å². The number of hydrogen-bond acceptors (Lipinski definition) is 7. The Morgan fingerprint density at radius 2 is 1.70 bits per heavy atom. The smallest absolute Gasteiger partial charge is 0.269 e. The highest BCUT2D eigenvalue weighted by Gasteiger charge is 2.33. The minimum Gasteiger partial charge on any atom is -0.326 e. The van der Waals surface area contributed by atoms with Crippen LogP contribution in [0.25, 0.3) is 0 Å².